The molecule has 0 saturated carbocycles. The van der Waals surface area contributed by atoms with Crippen LogP contribution in [0, 0.1) is 0 Å². The highest BCUT2D eigenvalue weighted by Crippen LogP contribution is 2.26. The Hall–Kier alpha value is -1.75. The molecular formula is C10H10ClN3O2. The highest BCUT2D eigenvalue weighted by atomic mass is 35.5. The first-order valence-electron chi connectivity index (χ1n) is 4.53. The van der Waals surface area contributed by atoms with Crippen LogP contribution in [0.25, 0.3) is 5.69 Å². The smallest absolute Gasteiger partial charge is 0.229 e. The number of hydrogen-bond donors (Lipinski definition) is 0. The van der Waals surface area contributed by atoms with Crippen LogP contribution < -0.4 is 9.47 Å². The maximum atomic E-state index is 5.87. The second-order valence-electron chi connectivity index (χ2n) is 3.04. The Labute approximate surface area is 97.6 Å². The molecule has 0 saturated heterocycles. The molecule has 0 radical (unpaired) electrons. The molecule has 1 aromatic heterocycles. The SMILES string of the molecule is COc1cc(OC)cc(-n2cnnc2Cl)c1. The van der Waals surface area contributed by atoms with Crippen LogP contribution in [-0.2, 0) is 0 Å². The monoisotopic (exact) mass is 239 g/mol. The Kier molecular flexibility index (Phi) is 2.96. The van der Waals surface area contributed by atoms with Crippen molar-refractivity contribution in [1.82, 2.24) is 14.8 Å². The Bertz CT molecular complexity index is 476. The average Bonchev–Trinajstić information content (AvgIpc) is 2.74. The topological polar surface area (TPSA) is 49.2 Å². The van der Waals surface area contributed by atoms with Gasteiger partial charge in [-0.15, -0.1) is 10.2 Å². The van der Waals surface area contributed by atoms with Crippen molar-refractivity contribution in [3.63, 3.8) is 0 Å². The molecule has 0 bridgehead atoms. The van der Waals surface area contributed by atoms with Crippen LogP contribution in [0.4, 0.5) is 0 Å². The minimum Gasteiger partial charge on any atom is -0.497 e. The number of methoxy groups -OCH3 is 2. The lowest BCUT2D eigenvalue weighted by Gasteiger charge is -2.08. The number of aromatic nitrogens is 3. The maximum absolute atomic E-state index is 5.87. The summed E-state index contributed by atoms with van der Waals surface area (Å²) in [4.78, 5) is 0. The van der Waals surface area contributed by atoms with E-state index in [1.807, 2.05) is 12.1 Å². The minimum absolute atomic E-state index is 0.287. The minimum atomic E-state index is 0.287. The zero-order valence-electron chi connectivity index (χ0n) is 8.85. The molecule has 5 nitrogen and oxygen atoms in total. The van der Waals surface area contributed by atoms with Crippen LogP contribution in [0.1, 0.15) is 0 Å². The van der Waals surface area contributed by atoms with Crippen molar-refractivity contribution in [2.24, 2.45) is 0 Å². The number of nitrogens with zero attached hydrogens (tertiary/aromatic N) is 3. The van der Waals surface area contributed by atoms with Crippen LogP contribution in [0.2, 0.25) is 5.28 Å². The molecule has 0 aliphatic rings. The first kappa shape index (κ1) is 10.8. The van der Waals surface area contributed by atoms with E-state index in [9.17, 15) is 0 Å². The van der Waals surface area contributed by atoms with Crippen molar-refractivity contribution < 1.29 is 9.47 Å². The van der Waals surface area contributed by atoms with Gasteiger partial charge in [0.2, 0.25) is 5.28 Å². The van der Waals surface area contributed by atoms with Gasteiger partial charge in [0.25, 0.3) is 0 Å². The summed E-state index contributed by atoms with van der Waals surface area (Å²) in [5, 5.41) is 7.70. The van der Waals surface area contributed by atoms with Gasteiger partial charge in [-0.05, 0) is 11.6 Å². The molecular weight excluding hydrogens is 230 g/mol. The summed E-state index contributed by atoms with van der Waals surface area (Å²) in [6.07, 6.45) is 1.52. The number of ether oxygens (including phenoxy) is 2. The molecule has 0 N–H and O–H groups in total. The molecule has 0 aliphatic carbocycles. The standard InChI is InChI=1S/C10H10ClN3O2/c1-15-8-3-7(4-9(5-8)16-2)14-6-12-13-10(14)11/h3-6H,1-2H3. The first-order valence-corrected chi connectivity index (χ1v) is 4.91. The molecule has 2 aromatic rings. The Morgan fingerprint density at radius 1 is 1.12 bits per heavy atom. The van der Waals surface area contributed by atoms with Gasteiger partial charge in [0.1, 0.15) is 17.8 Å². The fourth-order valence-electron chi connectivity index (χ4n) is 1.33. The molecule has 0 amide bonds. The van der Waals surface area contributed by atoms with Gasteiger partial charge in [-0.3, -0.25) is 4.57 Å². The van der Waals surface area contributed by atoms with Gasteiger partial charge in [0.05, 0.1) is 19.9 Å². The van der Waals surface area contributed by atoms with Gasteiger partial charge in [-0.25, -0.2) is 0 Å². The zero-order chi connectivity index (χ0) is 11.5. The number of hydrogen-bond acceptors (Lipinski definition) is 4. The van der Waals surface area contributed by atoms with Crippen molar-refractivity contribution in [3.8, 4) is 17.2 Å². The van der Waals surface area contributed by atoms with Crippen LogP contribution >= 0.6 is 11.6 Å². The lowest BCUT2D eigenvalue weighted by Crippen LogP contribution is -1.95. The fraction of sp³-hybridized carbons (Fsp3) is 0.200. The molecule has 0 aliphatic heterocycles. The Morgan fingerprint density at radius 2 is 1.75 bits per heavy atom. The van der Waals surface area contributed by atoms with E-state index in [-0.39, 0.29) is 5.28 Å². The molecule has 0 atom stereocenters. The second-order valence-corrected chi connectivity index (χ2v) is 3.38. The quantitative estimate of drug-likeness (QED) is 0.821. The van der Waals surface area contributed by atoms with E-state index in [1.54, 1.807) is 24.9 Å². The van der Waals surface area contributed by atoms with E-state index in [1.165, 1.54) is 6.33 Å². The number of rotatable bonds is 3. The predicted molar refractivity (Wildman–Crippen MR) is 59.5 cm³/mol. The zero-order valence-corrected chi connectivity index (χ0v) is 9.60. The molecule has 6 heteroatoms. The molecule has 2 rings (SSSR count). The van der Waals surface area contributed by atoms with Gasteiger partial charge >= 0.3 is 0 Å². The van der Waals surface area contributed by atoms with Crippen molar-refractivity contribution >= 4 is 11.6 Å². The molecule has 0 spiro atoms. The summed E-state index contributed by atoms with van der Waals surface area (Å²) < 4.78 is 11.9. The predicted octanol–water partition coefficient (Wildman–Crippen LogP) is 1.94. The van der Waals surface area contributed by atoms with Gasteiger partial charge in [-0.1, -0.05) is 0 Å². The van der Waals surface area contributed by atoms with Crippen LogP contribution in [-0.4, -0.2) is 29.0 Å². The molecule has 16 heavy (non-hydrogen) atoms. The first-order chi connectivity index (χ1) is 7.74. The van der Waals surface area contributed by atoms with Crippen LogP contribution in [0.15, 0.2) is 24.5 Å². The van der Waals surface area contributed by atoms with Crippen molar-refractivity contribution in [2.75, 3.05) is 14.2 Å². The van der Waals surface area contributed by atoms with E-state index >= 15 is 0 Å². The average molecular weight is 240 g/mol. The Morgan fingerprint density at radius 3 is 2.19 bits per heavy atom. The molecule has 0 unspecified atom stereocenters. The largest absolute Gasteiger partial charge is 0.497 e. The summed E-state index contributed by atoms with van der Waals surface area (Å²) in [6, 6.07) is 5.41. The van der Waals surface area contributed by atoms with E-state index in [0.717, 1.165) is 5.69 Å². The summed E-state index contributed by atoms with van der Waals surface area (Å²) in [6.45, 7) is 0. The van der Waals surface area contributed by atoms with Crippen molar-refractivity contribution in [1.29, 1.82) is 0 Å². The van der Waals surface area contributed by atoms with E-state index in [0.29, 0.717) is 11.5 Å². The van der Waals surface area contributed by atoms with Gasteiger partial charge < -0.3 is 9.47 Å². The van der Waals surface area contributed by atoms with Gasteiger partial charge in [0, 0.05) is 18.2 Å². The lowest BCUT2D eigenvalue weighted by atomic mass is 10.3. The highest BCUT2D eigenvalue weighted by Gasteiger charge is 2.07. The number of benzene rings is 1. The summed E-state index contributed by atoms with van der Waals surface area (Å²) in [5.74, 6) is 1.36. The third kappa shape index (κ3) is 1.94. The number of halogens is 1. The molecule has 0 fully saturated rings. The van der Waals surface area contributed by atoms with Gasteiger partial charge in [0.15, 0.2) is 0 Å². The summed E-state index contributed by atoms with van der Waals surface area (Å²) in [5.41, 5.74) is 0.784. The highest BCUT2D eigenvalue weighted by molar-refractivity contribution is 6.28. The summed E-state index contributed by atoms with van der Waals surface area (Å²) in [7, 11) is 3.18. The lowest BCUT2D eigenvalue weighted by molar-refractivity contribution is 0.394. The van der Waals surface area contributed by atoms with Crippen molar-refractivity contribution in [2.45, 2.75) is 0 Å². The summed E-state index contributed by atoms with van der Waals surface area (Å²) >= 11 is 5.87. The molecule has 1 heterocycles. The normalized spacial score (nSPS) is 10.2. The second kappa shape index (κ2) is 4.40. The fourth-order valence-corrected chi connectivity index (χ4v) is 1.51. The molecule has 1 aromatic carbocycles. The van der Waals surface area contributed by atoms with Crippen molar-refractivity contribution in [3.05, 3.63) is 29.8 Å². The maximum Gasteiger partial charge on any atom is 0.229 e. The van der Waals surface area contributed by atoms with E-state index < -0.39 is 0 Å². The van der Waals surface area contributed by atoms with E-state index in [4.69, 9.17) is 21.1 Å². The molecule has 84 valence electrons. The van der Waals surface area contributed by atoms with E-state index in [2.05, 4.69) is 10.2 Å². The van der Waals surface area contributed by atoms with Gasteiger partial charge in [-0.2, -0.15) is 0 Å². The van der Waals surface area contributed by atoms with Crippen LogP contribution in [0.5, 0.6) is 11.5 Å². The Balaban J connectivity index is 2.52. The van der Waals surface area contributed by atoms with Crippen LogP contribution in [0.3, 0.4) is 0 Å². The third-order valence-corrected chi connectivity index (χ3v) is 2.38. The third-order valence-electron chi connectivity index (χ3n) is 2.12.